The van der Waals surface area contributed by atoms with Crippen LogP contribution in [-0.4, -0.2) is 19.1 Å². The summed E-state index contributed by atoms with van der Waals surface area (Å²) in [4.78, 5) is 12.3. The van der Waals surface area contributed by atoms with Crippen molar-refractivity contribution in [3.05, 3.63) is 48.0 Å². The summed E-state index contributed by atoms with van der Waals surface area (Å²) in [5.74, 6) is 0.356. The number of carbonyl (C=O) groups excluding carboxylic acids is 1. The minimum Gasteiger partial charge on any atom is -0.464 e. The van der Waals surface area contributed by atoms with Crippen molar-refractivity contribution in [2.75, 3.05) is 13.2 Å². The van der Waals surface area contributed by atoms with Gasteiger partial charge in [-0.05, 0) is 37.3 Å². The van der Waals surface area contributed by atoms with Crippen molar-refractivity contribution < 1.29 is 9.53 Å². The highest BCUT2D eigenvalue weighted by atomic mass is 16.5. The van der Waals surface area contributed by atoms with E-state index < -0.39 is 5.54 Å². The Hall–Kier alpha value is -1.61. The molecule has 1 N–H and O–H groups in total. The van der Waals surface area contributed by atoms with Crippen LogP contribution in [0.1, 0.15) is 38.8 Å². The van der Waals surface area contributed by atoms with Gasteiger partial charge in [0, 0.05) is 6.54 Å². The van der Waals surface area contributed by atoms with Crippen LogP contribution in [-0.2, 0) is 21.5 Å². The molecule has 0 amide bonds. The SMILES string of the molecule is C=CCNC(C)(C(=O)OCC)c1ccc(CC(C)C)cc1. The van der Waals surface area contributed by atoms with E-state index in [-0.39, 0.29) is 5.97 Å². The van der Waals surface area contributed by atoms with Crippen LogP contribution in [0, 0.1) is 5.92 Å². The maximum Gasteiger partial charge on any atom is 0.330 e. The molecule has 1 unspecified atom stereocenters. The third-order valence-corrected chi connectivity index (χ3v) is 3.46. The van der Waals surface area contributed by atoms with Gasteiger partial charge in [-0.3, -0.25) is 5.32 Å². The maximum atomic E-state index is 12.3. The van der Waals surface area contributed by atoms with Crippen LogP contribution in [0.4, 0.5) is 0 Å². The highest BCUT2D eigenvalue weighted by Gasteiger charge is 2.35. The molecule has 0 radical (unpaired) electrons. The molecule has 0 heterocycles. The van der Waals surface area contributed by atoms with Gasteiger partial charge in [0.2, 0.25) is 0 Å². The van der Waals surface area contributed by atoms with Crippen molar-refractivity contribution in [2.45, 2.75) is 39.7 Å². The summed E-state index contributed by atoms with van der Waals surface area (Å²) in [5, 5.41) is 3.21. The van der Waals surface area contributed by atoms with E-state index in [2.05, 4.69) is 37.9 Å². The molecule has 0 spiro atoms. The monoisotopic (exact) mass is 289 g/mol. The second kappa shape index (κ2) is 7.99. The molecule has 1 aromatic rings. The van der Waals surface area contributed by atoms with Crippen LogP contribution in [0.3, 0.4) is 0 Å². The number of esters is 1. The number of rotatable bonds is 8. The zero-order valence-corrected chi connectivity index (χ0v) is 13.6. The first-order valence-corrected chi connectivity index (χ1v) is 7.56. The average Bonchev–Trinajstić information content (AvgIpc) is 2.45. The molecule has 116 valence electrons. The van der Waals surface area contributed by atoms with E-state index >= 15 is 0 Å². The highest BCUT2D eigenvalue weighted by Crippen LogP contribution is 2.23. The maximum absolute atomic E-state index is 12.3. The van der Waals surface area contributed by atoms with Gasteiger partial charge in [-0.2, -0.15) is 0 Å². The van der Waals surface area contributed by atoms with Crippen molar-refractivity contribution in [3.8, 4) is 0 Å². The summed E-state index contributed by atoms with van der Waals surface area (Å²) in [7, 11) is 0. The quantitative estimate of drug-likeness (QED) is 0.588. The molecule has 3 nitrogen and oxygen atoms in total. The van der Waals surface area contributed by atoms with E-state index in [1.807, 2.05) is 26.0 Å². The molecule has 21 heavy (non-hydrogen) atoms. The molecule has 0 aromatic heterocycles. The Morgan fingerprint density at radius 3 is 2.48 bits per heavy atom. The van der Waals surface area contributed by atoms with E-state index in [1.54, 1.807) is 6.08 Å². The molecule has 0 saturated carbocycles. The molecule has 1 atom stereocenters. The minimum absolute atomic E-state index is 0.261. The summed E-state index contributed by atoms with van der Waals surface area (Å²) in [5.41, 5.74) is 1.35. The van der Waals surface area contributed by atoms with E-state index in [4.69, 9.17) is 4.74 Å². The first-order chi connectivity index (χ1) is 9.93. The van der Waals surface area contributed by atoms with Crippen LogP contribution in [0.25, 0.3) is 0 Å². The van der Waals surface area contributed by atoms with Gasteiger partial charge >= 0.3 is 5.97 Å². The molecular formula is C18H27NO2. The molecule has 0 aliphatic heterocycles. The fourth-order valence-corrected chi connectivity index (χ4v) is 2.29. The average molecular weight is 289 g/mol. The van der Waals surface area contributed by atoms with Gasteiger partial charge < -0.3 is 4.74 Å². The number of benzene rings is 1. The molecule has 3 heteroatoms. The third kappa shape index (κ3) is 4.71. The zero-order valence-electron chi connectivity index (χ0n) is 13.6. The molecule has 0 aliphatic rings. The van der Waals surface area contributed by atoms with Gasteiger partial charge in [-0.1, -0.05) is 44.2 Å². The van der Waals surface area contributed by atoms with Crippen molar-refractivity contribution in [3.63, 3.8) is 0 Å². The number of nitrogens with one attached hydrogen (secondary N) is 1. The fourth-order valence-electron chi connectivity index (χ4n) is 2.29. The third-order valence-electron chi connectivity index (χ3n) is 3.46. The molecule has 0 fully saturated rings. The lowest BCUT2D eigenvalue weighted by atomic mass is 9.90. The molecule has 0 bridgehead atoms. The van der Waals surface area contributed by atoms with Crippen LogP contribution in [0.15, 0.2) is 36.9 Å². The van der Waals surface area contributed by atoms with Gasteiger partial charge in [0.25, 0.3) is 0 Å². The Labute approximate surface area is 128 Å². The number of hydrogen-bond donors (Lipinski definition) is 1. The van der Waals surface area contributed by atoms with E-state index in [0.717, 1.165) is 12.0 Å². The predicted octanol–water partition coefficient (Wildman–Crippen LogP) is 3.44. The second-order valence-corrected chi connectivity index (χ2v) is 5.81. The smallest absolute Gasteiger partial charge is 0.330 e. The van der Waals surface area contributed by atoms with Gasteiger partial charge in [0.05, 0.1) is 6.61 Å². The molecular weight excluding hydrogens is 262 g/mol. The fraction of sp³-hybridized carbons (Fsp3) is 0.500. The summed E-state index contributed by atoms with van der Waals surface area (Å²) in [6.45, 7) is 12.7. The first kappa shape index (κ1) is 17.4. The highest BCUT2D eigenvalue weighted by molar-refractivity contribution is 5.82. The lowest BCUT2D eigenvalue weighted by Gasteiger charge is -2.29. The standard InChI is InChI=1S/C18H27NO2/c1-6-12-19-18(5,17(20)21-7-2)16-10-8-15(9-11-16)13-14(3)4/h6,8-11,14,19H,1,7,12-13H2,2-5H3. The first-order valence-electron chi connectivity index (χ1n) is 7.56. The van der Waals surface area contributed by atoms with E-state index in [9.17, 15) is 4.79 Å². The van der Waals surface area contributed by atoms with Crippen LogP contribution < -0.4 is 5.32 Å². The predicted molar refractivity (Wildman–Crippen MR) is 87.2 cm³/mol. The van der Waals surface area contributed by atoms with Crippen molar-refractivity contribution in [2.24, 2.45) is 5.92 Å². The van der Waals surface area contributed by atoms with E-state index in [1.165, 1.54) is 5.56 Å². The Morgan fingerprint density at radius 1 is 1.38 bits per heavy atom. The second-order valence-electron chi connectivity index (χ2n) is 5.81. The number of hydrogen-bond acceptors (Lipinski definition) is 3. The van der Waals surface area contributed by atoms with Gasteiger partial charge in [0.1, 0.15) is 5.54 Å². The number of carbonyl (C=O) groups is 1. The molecule has 0 saturated heterocycles. The Morgan fingerprint density at radius 2 is 2.00 bits per heavy atom. The van der Waals surface area contributed by atoms with Gasteiger partial charge in [-0.15, -0.1) is 6.58 Å². The summed E-state index contributed by atoms with van der Waals surface area (Å²) in [6.07, 6.45) is 2.78. The topological polar surface area (TPSA) is 38.3 Å². The van der Waals surface area contributed by atoms with Crippen molar-refractivity contribution >= 4 is 5.97 Å². The minimum atomic E-state index is -0.847. The van der Waals surface area contributed by atoms with Gasteiger partial charge in [0.15, 0.2) is 0 Å². The molecule has 0 aliphatic carbocycles. The molecule has 1 rings (SSSR count). The Bertz CT molecular complexity index is 465. The van der Waals surface area contributed by atoms with Crippen molar-refractivity contribution in [1.82, 2.24) is 5.32 Å². The Balaban J connectivity index is 3.02. The van der Waals surface area contributed by atoms with Crippen LogP contribution >= 0.6 is 0 Å². The zero-order chi connectivity index (χ0) is 15.9. The normalized spacial score (nSPS) is 13.8. The summed E-state index contributed by atoms with van der Waals surface area (Å²) < 4.78 is 5.22. The van der Waals surface area contributed by atoms with E-state index in [0.29, 0.717) is 19.1 Å². The lowest BCUT2D eigenvalue weighted by molar-refractivity contribution is -0.150. The number of ether oxygens (including phenoxy) is 1. The van der Waals surface area contributed by atoms with Crippen molar-refractivity contribution in [1.29, 1.82) is 0 Å². The summed E-state index contributed by atoms with van der Waals surface area (Å²) >= 11 is 0. The lowest BCUT2D eigenvalue weighted by Crippen LogP contribution is -2.47. The van der Waals surface area contributed by atoms with Gasteiger partial charge in [-0.25, -0.2) is 4.79 Å². The molecule has 1 aromatic carbocycles. The summed E-state index contributed by atoms with van der Waals surface area (Å²) in [6, 6.07) is 8.18. The van der Waals surface area contributed by atoms with Crippen LogP contribution in [0.5, 0.6) is 0 Å². The van der Waals surface area contributed by atoms with Crippen LogP contribution in [0.2, 0.25) is 0 Å². The Kier molecular flexibility index (Phi) is 6.63. The largest absolute Gasteiger partial charge is 0.464 e.